The minimum Gasteiger partial charge on any atom is -0.322 e. The molecule has 0 spiro atoms. The van der Waals surface area contributed by atoms with E-state index < -0.39 is 0 Å². The lowest BCUT2D eigenvalue weighted by Gasteiger charge is -2.12. The number of aromatic nitrogens is 1. The van der Waals surface area contributed by atoms with Crippen LogP contribution >= 0.6 is 15.9 Å². The minimum atomic E-state index is 0.146. The molecule has 1 atom stereocenters. The summed E-state index contributed by atoms with van der Waals surface area (Å²) in [5.74, 6) is 0.673. The molecule has 70 valence electrons. The van der Waals surface area contributed by atoms with E-state index in [1.54, 1.807) is 0 Å². The summed E-state index contributed by atoms with van der Waals surface area (Å²) < 4.78 is 1.02. The van der Waals surface area contributed by atoms with Gasteiger partial charge in [-0.15, -0.1) is 0 Å². The Bertz CT molecular complexity index is 321. The van der Waals surface area contributed by atoms with Gasteiger partial charge in [0.15, 0.2) is 0 Å². The minimum absolute atomic E-state index is 0.146. The Labute approximate surface area is 86.7 Å². The zero-order valence-electron chi connectivity index (χ0n) is 7.63. The molecule has 1 aromatic heterocycles. The standard InChI is InChI=1S/C10H13BrN2/c1-6-4-8(11)5-13-10(6)9(12)7-2-3-7/h4-5,7,9H,2-3,12H2,1H3/t9-/m1/s1. The van der Waals surface area contributed by atoms with Gasteiger partial charge >= 0.3 is 0 Å². The highest BCUT2D eigenvalue weighted by molar-refractivity contribution is 9.10. The van der Waals surface area contributed by atoms with Crippen molar-refractivity contribution in [2.24, 2.45) is 11.7 Å². The molecule has 2 rings (SSSR count). The highest BCUT2D eigenvalue weighted by Gasteiger charge is 2.31. The van der Waals surface area contributed by atoms with Gasteiger partial charge in [-0.2, -0.15) is 0 Å². The molecule has 13 heavy (non-hydrogen) atoms. The first-order valence-corrected chi connectivity index (χ1v) is 5.35. The third-order valence-electron chi connectivity index (χ3n) is 2.53. The summed E-state index contributed by atoms with van der Waals surface area (Å²) in [4.78, 5) is 4.37. The summed E-state index contributed by atoms with van der Waals surface area (Å²) in [5, 5.41) is 0. The Morgan fingerprint density at radius 3 is 2.85 bits per heavy atom. The maximum absolute atomic E-state index is 6.07. The maximum Gasteiger partial charge on any atom is 0.0603 e. The summed E-state index contributed by atoms with van der Waals surface area (Å²) in [5.41, 5.74) is 8.32. The summed E-state index contributed by atoms with van der Waals surface area (Å²) in [6.07, 6.45) is 4.35. The van der Waals surface area contributed by atoms with Gasteiger partial charge in [-0.1, -0.05) is 0 Å². The van der Waals surface area contributed by atoms with Crippen molar-refractivity contribution in [2.75, 3.05) is 0 Å². The van der Waals surface area contributed by atoms with Gasteiger partial charge in [0.1, 0.15) is 0 Å². The highest BCUT2D eigenvalue weighted by Crippen LogP contribution is 2.39. The van der Waals surface area contributed by atoms with E-state index in [1.807, 2.05) is 6.20 Å². The fraction of sp³-hybridized carbons (Fsp3) is 0.500. The number of hydrogen-bond acceptors (Lipinski definition) is 2. The van der Waals surface area contributed by atoms with E-state index >= 15 is 0 Å². The Balaban J connectivity index is 2.28. The molecule has 2 N–H and O–H groups in total. The van der Waals surface area contributed by atoms with Gasteiger partial charge < -0.3 is 5.73 Å². The van der Waals surface area contributed by atoms with Crippen LogP contribution < -0.4 is 5.73 Å². The first kappa shape index (κ1) is 9.16. The molecule has 0 bridgehead atoms. The van der Waals surface area contributed by atoms with Crippen molar-refractivity contribution < 1.29 is 0 Å². The fourth-order valence-electron chi connectivity index (χ4n) is 1.58. The number of aryl methyl sites for hydroxylation is 1. The van der Waals surface area contributed by atoms with Crippen LogP contribution in [0.1, 0.15) is 30.1 Å². The SMILES string of the molecule is Cc1cc(Br)cnc1[C@H](N)C1CC1. The normalized spacial score (nSPS) is 18.7. The van der Waals surface area contributed by atoms with Crippen LogP contribution in [-0.4, -0.2) is 4.98 Å². The van der Waals surface area contributed by atoms with Gasteiger partial charge in [-0.25, -0.2) is 0 Å². The topological polar surface area (TPSA) is 38.9 Å². The largest absolute Gasteiger partial charge is 0.322 e. The molecular formula is C10H13BrN2. The van der Waals surface area contributed by atoms with E-state index in [0.29, 0.717) is 5.92 Å². The monoisotopic (exact) mass is 240 g/mol. The predicted molar refractivity (Wildman–Crippen MR) is 56.3 cm³/mol. The molecule has 0 unspecified atom stereocenters. The average Bonchev–Trinajstić information content (AvgIpc) is 2.85. The lowest BCUT2D eigenvalue weighted by molar-refractivity contribution is 0.610. The van der Waals surface area contributed by atoms with Gasteiger partial charge in [-0.3, -0.25) is 4.98 Å². The van der Waals surface area contributed by atoms with Gasteiger partial charge in [0, 0.05) is 10.7 Å². The van der Waals surface area contributed by atoms with Crippen LogP contribution in [0.5, 0.6) is 0 Å². The molecule has 2 nitrogen and oxygen atoms in total. The van der Waals surface area contributed by atoms with Crippen molar-refractivity contribution in [1.29, 1.82) is 0 Å². The summed E-state index contributed by atoms with van der Waals surface area (Å²) in [6.45, 7) is 2.06. The van der Waals surface area contributed by atoms with Gasteiger partial charge in [-0.05, 0) is 53.2 Å². The summed E-state index contributed by atoms with van der Waals surface area (Å²) in [7, 11) is 0. The molecule has 0 amide bonds. The molecule has 0 saturated heterocycles. The zero-order valence-corrected chi connectivity index (χ0v) is 9.21. The van der Waals surface area contributed by atoms with Crippen LogP contribution in [0.3, 0.4) is 0 Å². The smallest absolute Gasteiger partial charge is 0.0603 e. The molecule has 0 aromatic carbocycles. The van der Waals surface area contributed by atoms with Crippen molar-refractivity contribution in [3.8, 4) is 0 Å². The Morgan fingerprint density at radius 2 is 2.31 bits per heavy atom. The van der Waals surface area contributed by atoms with Crippen molar-refractivity contribution >= 4 is 15.9 Å². The molecule has 3 heteroatoms. The maximum atomic E-state index is 6.07. The van der Waals surface area contributed by atoms with Crippen LogP contribution in [-0.2, 0) is 0 Å². The lowest BCUT2D eigenvalue weighted by Crippen LogP contribution is -2.15. The fourth-order valence-corrected chi connectivity index (χ4v) is 2.02. The van der Waals surface area contributed by atoms with Crippen molar-refractivity contribution in [2.45, 2.75) is 25.8 Å². The van der Waals surface area contributed by atoms with Crippen LogP contribution in [0.15, 0.2) is 16.7 Å². The second-order valence-corrected chi connectivity index (χ2v) is 4.63. The number of nitrogens with two attached hydrogens (primary N) is 1. The van der Waals surface area contributed by atoms with Crippen molar-refractivity contribution in [1.82, 2.24) is 4.98 Å². The number of halogens is 1. The molecule has 1 fully saturated rings. The number of rotatable bonds is 2. The second kappa shape index (κ2) is 3.39. The van der Waals surface area contributed by atoms with E-state index in [-0.39, 0.29) is 6.04 Å². The molecule has 1 aromatic rings. The van der Waals surface area contributed by atoms with Crippen molar-refractivity contribution in [3.05, 3.63) is 28.0 Å². The van der Waals surface area contributed by atoms with E-state index in [9.17, 15) is 0 Å². The van der Waals surface area contributed by atoms with E-state index in [0.717, 1.165) is 10.2 Å². The zero-order chi connectivity index (χ0) is 9.42. The molecular weight excluding hydrogens is 228 g/mol. The van der Waals surface area contributed by atoms with E-state index in [2.05, 4.69) is 33.9 Å². The van der Waals surface area contributed by atoms with Gasteiger partial charge in [0.25, 0.3) is 0 Å². The van der Waals surface area contributed by atoms with Crippen LogP contribution in [0.2, 0.25) is 0 Å². The van der Waals surface area contributed by atoms with Crippen LogP contribution in [0.25, 0.3) is 0 Å². The molecule has 1 aliphatic rings. The van der Waals surface area contributed by atoms with E-state index in [4.69, 9.17) is 5.73 Å². The Hall–Kier alpha value is -0.410. The summed E-state index contributed by atoms with van der Waals surface area (Å²) in [6, 6.07) is 2.22. The summed E-state index contributed by atoms with van der Waals surface area (Å²) >= 11 is 3.39. The van der Waals surface area contributed by atoms with Gasteiger partial charge in [0.2, 0.25) is 0 Å². The number of pyridine rings is 1. The average molecular weight is 241 g/mol. The molecule has 1 saturated carbocycles. The highest BCUT2D eigenvalue weighted by atomic mass is 79.9. The lowest BCUT2D eigenvalue weighted by atomic mass is 10.1. The Morgan fingerprint density at radius 1 is 1.62 bits per heavy atom. The van der Waals surface area contributed by atoms with Gasteiger partial charge in [0.05, 0.1) is 11.7 Å². The molecule has 0 aliphatic heterocycles. The number of hydrogen-bond donors (Lipinski definition) is 1. The van der Waals surface area contributed by atoms with Crippen LogP contribution in [0.4, 0.5) is 0 Å². The van der Waals surface area contributed by atoms with Crippen LogP contribution in [0, 0.1) is 12.8 Å². The van der Waals surface area contributed by atoms with Crippen molar-refractivity contribution in [3.63, 3.8) is 0 Å². The first-order chi connectivity index (χ1) is 6.18. The third-order valence-corrected chi connectivity index (χ3v) is 2.96. The molecule has 1 heterocycles. The predicted octanol–water partition coefficient (Wildman–Crippen LogP) is 2.56. The molecule has 0 radical (unpaired) electrons. The second-order valence-electron chi connectivity index (χ2n) is 3.72. The quantitative estimate of drug-likeness (QED) is 0.864. The number of nitrogens with zero attached hydrogens (tertiary/aromatic N) is 1. The molecule has 1 aliphatic carbocycles. The third kappa shape index (κ3) is 1.92. The Kier molecular flexibility index (Phi) is 2.39. The van der Waals surface area contributed by atoms with E-state index in [1.165, 1.54) is 18.4 Å². The first-order valence-electron chi connectivity index (χ1n) is 4.56.